The highest BCUT2D eigenvalue weighted by atomic mass is 16.3. The molecule has 0 unspecified atom stereocenters. The van der Waals surface area contributed by atoms with E-state index in [1.165, 1.54) is 6.07 Å². The first-order chi connectivity index (χ1) is 14.4. The lowest BCUT2D eigenvalue weighted by atomic mass is 9.62. The van der Waals surface area contributed by atoms with Gasteiger partial charge in [0.25, 0.3) is 5.91 Å². The fourth-order valence-corrected chi connectivity index (χ4v) is 4.78. The number of primary amides is 1. The van der Waals surface area contributed by atoms with E-state index in [1.807, 2.05) is 13.8 Å². The van der Waals surface area contributed by atoms with Gasteiger partial charge in [-0.05, 0) is 41.0 Å². The molecule has 2 aliphatic carbocycles. The Bertz CT molecular complexity index is 1230. The summed E-state index contributed by atoms with van der Waals surface area (Å²) >= 11 is 0. The average molecular weight is 426 g/mol. The number of hydrogen-bond acceptors (Lipinski definition) is 8. The summed E-state index contributed by atoms with van der Waals surface area (Å²) < 4.78 is 0. The molecule has 8 N–H and O–H groups in total. The van der Waals surface area contributed by atoms with E-state index in [0.29, 0.717) is 10.9 Å². The lowest BCUT2D eigenvalue weighted by Gasteiger charge is -2.44. The Morgan fingerprint density at radius 1 is 1.19 bits per heavy atom. The van der Waals surface area contributed by atoms with Gasteiger partial charge >= 0.3 is 0 Å². The Morgan fingerprint density at radius 3 is 2.42 bits per heavy atom. The average Bonchev–Trinajstić information content (AvgIpc) is 2.68. The molecule has 9 heteroatoms. The molecule has 2 aromatic carbocycles. The summed E-state index contributed by atoms with van der Waals surface area (Å²) in [4.78, 5) is 37.6. The van der Waals surface area contributed by atoms with Crippen molar-refractivity contribution in [3.8, 4) is 11.5 Å². The van der Waals surface area contributed by atoms with Crippen LogP contribution >= 0.6 is 0 Å². The number of fused-ring (bicyclic) bond motifs is 3. The molecule has 0 fully saturated rings. The number of phenols is 2. The molecule has 31 heavy (non-hydrogen) atoms. The van der Waals surface area contributed by atoms with Crippen molar-refractivity contribution in [1.29, 1.82) is 0 Å². The number of phenolic OH excluding ortho intramolecular Hbond substituents is 2. The van der Waals surface area contributed by atoms with E-state index in [4.69, 9.17) is 11.5 Å². The molecular formula is C22H22N2O7. The molecule has 3 atom stereocenters. The smallest absolute Gasteiger partial charge is 0.255 e. The number of aliphatic hydroxyl groups excluding tert-OH is 1. The van der Waals surface area contributed by atoms with Gasteiger partial charge in [0.15, 0.2) is 11.4 Å². The van der Waals surface area contributed by atoms with Gasteiger partial charge in [-0.25, -0.2) is 0 Å². The normalized spacial score (nSPS) is 25.7. The number of benzene rings is 2. The van der Waals surface area contributed by atoms with Crippen molar-refractivity contribution in [2.24, 2.45) is 17.4 Å². The van der Waals surface area contributed by atoms with Gasteiger partial charge in [-0.1, -0.05) is 19.9 Å². The zero-order valence-corrected chi connectivity index (χ0v) is 16.8. The van der Waals surface area contributed by atoms with E-state index in [2.05, 4.69) is 0 Å². The maximum Gasteiger partial charge on any atom is 0.255 e. The second kappa shape index (κ2) is 6.53. The van der Waals surface area contributed by atoms with Crippen LogP contribution in [0.15, 0.2) is 29.5 Å². The minimum absolute atomic E-state index is 0.0233. The van der Waals surface area contributed by atoms with Gasteiger partial charge < -0.3 is 31.9 Å². The molecule has 0 radical (unpaired) electrons. The van der Waals surface area contributed by atoms with E-state index in [0.717, 1.165) is 5.56 Å². The zero-order chi connectivity index (χ0) is 23.0. The summed E-state index contributed by atoms with van der Waals surface area (Å²) in [6, 6.07) is 3.23. The van der Waals surface area contributed by atoms with E-state index in [9.17, 15) is 34.8 Å². The quantitative estimate of drug-likeness (QED) is 0.378. The van der Waals surface area contributed by atoms with Crippen LogP contribution in [0, 0.1) is 5.92 Å². The first kappa shape index (κ1) is 20.8. The van der Waals surface area contributed by atoms with Crippen LogP contribution < -0.4 is 11.5 Å². The molecule has 0 saturated heterocycles. The molecule has 2 aliphatic rings. The molecule has 0 spiro atoms. The van der Waals surface area contributed by atoms with E-state index < -0.39 is 52.1 Å². The van der Waals surface area contributed by atoms with Gasteiger partial charge in [0.1, 0.15) is 22.8 Å². The van der Waals surface area contributed by atoms with Crippen LogP contribution in [-0.4, -0.2) is 49.5 Å². The summed E-state index contributed by atoms with van der Waals surface area (Å²) in [5, 5.41) is 43.6. The van der Waals surface area contributed by atoms with Crippen molar-refractivity contribution in [2.75, 3.05) is 0 Å². The predicted octanol–water partition coefficient (Wildman–Crippen LogP) is 0.668. The number of carbonyl (C=O) groups excluding carboxylic acids is 3. The summed E-state index contributed by atoms with van der Waals surface area (Å²) in [6.07, 6.45) is -0.142. The van der Waals surface area contributed by atoms with Crippen molar-refractivity contribution in [2.45, 2.75) is 37.8 Å². The third-order valence-corrected chi connectivity index (χ3v) is 6.37. The number of rotatable bonds is 2. The number of carbonyl (C=O) groups is 3. The van der Waals surface area contributed by atoms with E-state index in [1.54, 1.807) is 12.1 Å². The van der Waals surface area contributed by atoms with E-state index >= 15 is 0 Å². The highest BCUT2D eigenvalue weighted by molar-refractivity contribution is 6.24. The lowest BCUT2D eigenvalue weighted by Crippen LogP contribution is -2.64. The number of aromatic hydroxyl groups is 2. The van der Waals surface area contributed by atoms with Gasteiger partial charge in [-0.3, -0.25) is 14.4 Å². The number of aliphatic hydroxyl groups is 2. The molecule has 0 saturated carbocycles. The fraction of sp³-hybridized carbons (Fsp3) is 0.318. The molecule has 0 bridgehead atoms. The van der Waals surface area contributed by atoms with Crippen LogP contribution in [0.25, 0.3) is 10.8 Å². The van der Waals surface area contributed by atoms with Crippen LogP contribution in [0.4, 0.5) is 0 Å². The molecule has 1 amide bonds. The Balaban J connectivity index is 2.07. The van der Waals surface area contributed by atoms with Gasteiger partial charge in [0.2, 0.25) is 5.78 Å². The van der Waals surface area contributed by atoms with Crippen molar-refractivity contribution < 1.29 is 34.8 Å². The predicted molar refractivity (Wildman–Crippen MR) is 110 cm³/mol. The zero-order valence-electron chi connectivity index (χ0n) is 16.8. The largest absolute Gasteiger partial charge is 0.508 e. The van der Waals surface area contributed by atoms with Gasteiger partial charge in [-0.15, -0.1) is 0 Å². The Kier molecular flexibility index (Phi) is 4.39. The SMILES string of the molecule is CC(C)c1ccc(O)c2c(O)c3c(cc12)C[C@H]1[C@@H](N)C(=O)C(C(N)=O)=C(O)[C@@]1(O)C3=O. The molecule has 0 heterocycles. The molecule has 0 aliphatic heterocycles. The van der Waals surface area contributed by atoms with Crippen molar-refractivity contribution in [3.63, 3.8) is 0 Å². The van der Waals surface area contributed by atoms with E-state index in [-0.39, 0.29) is 29.0 Å². The van der Waals surface area contributed by atoms with Crippen molar-refractivity contribution in [1.82, 2.24) is 0 Å². The molecule has 0 aromatic heterocycles. The maximum atomic E-state index is 13.4. The first-order valence-electron chi connectivity index (χ1n) is 9.73. The maximum absolute atomic E-state index is 13.4. The summed E-state index contributed by atoms with van der Waals surface area (Å²) in [6.45, 7) is 3.85. The minimum atomic E-state index is -2.72. The highest BCUT2D eigenvalue weighted by Crippen LogP contribution is 2.49. The first-order valence-corrected chi connectivity index (χ1v) is 9.73. The fourth-order valence-electron chi connectivity index (χ4n) is 4.78. The monoisotopic (exact) mass is 426 g/mol. The van der Waals surface area contributed by atoms with Gasteiger partial charge in [0, 0.05) is 5.92 Å². The third kappa shape index (κ3) is 2.53. The summed E-state index contributed by atoms with van der Waals surface area (Å²) in [5.74, 6) is -6.69. The number of amides is 1. The molecular weight excluding hydrogens is 404 g/mol. The van der Waals surface area contributed by atoms with Gasteiger partial charge in [0.05, 0.1) is 17.0 Å². The Morgan fingerprint density at radius 2 is 1.84 bits per heavy atom. The van der Waals surface area contributed by atoms with Crippen molar-refractivity contribution >= 4 is 28.2 Å². The van der Waals surface area contributed by atoms with Crippen LogP contribution in [0.1, 0.15) is 41.3 Å². The summed E-state index contributed by atoms with van der Waals surface area (Å²) in [5.41, 5.74) is 8.26. The highest BCUT2D eigenvalue weighted by Gasteiger charge is 2.60. The second-order valence-corrected chi connectivity index (χ2v) is 8.39. The number of hydrogen-bond donors (Lipinski definition) is 6. The minimum Gasteiger partial charge on any atom is -0.508 e. The number of ketones is 2. The molecule has 9 nitrogen and oxygen atoms in total. The standard InChI is InChI=1S/C22H22N2O7/c1-7(2)9-3-4-12(25)14-10(9)5-8-6-11-16(23)18(27)15(21(24)30)20(29)22(11,31)19(28)13(8)17(14)26/h3-5,7,11,16,25-26,29,31H,6,23H2,1-2H3,(H2,24,30)/t11-,16+,22-/m0/s1. The Hall–Kier alpha value is -3.43. The summed E-state index contributed by atoms with van der Waals surface area (Å²) in [7, 11) is 0. The number of Topliss-reactive ketones (excluding diaryl/α,β-unsaturated/α-hetero) is 2. The third-order valence-electron chi connectivity index (χ3n) is 6.37. The second-order valence-electron chi connectivity index (χ2n) is 8.39. The van der Waals surface area contributed by atoms with Crippen LogP contribution in [0.3, 0.4) is 0 Å². The topological polar surface area (TPSA) is 184 Å². The Labute approximate surface area is 176 Å². The van der Waals surface area contributed by atoms with Crippen LogP contribution in [-0.2, 0) is 16.0 Å². The number of nitrogens with two attached hydrogens (primary N) is 2. The van der Waals surface area contributed by atoms with Crippen LogP contribution in [0.5, 0.6) is 11.5 Å². The molecule has 2 aromatic rings. The van der Waals surface area contributed by atoms with Crippen LogP contribution in [0.2, 0.25) is 0 Å². The molecule has 4 rings (SSSR count). The van der Waals surface area contributed by atoms with Gasteiger partial charge in [-0.2, -0.15) is 0 Å². The lowest BCUT2D eigenvalue weighted by molar-refractivity contribution is -0.127. The molecule has 162 valence electrons. The van der Waals surface area contributed by atoms with Crippen molar-refractivity contribution in [3.05, 3.63) is 46.2 Å².